The standard InChI is InChI=1S/C36H47F2N3O7.C27H41F2NO7.C18H15P.C9H8N2O.C8H14N2O4/c1-6-46-33(45)35-18-24(35)19-36(37,38)15-11-7-8-12-23(16-30(43)48-34(3,4)5)32(44)41-21-25(17-28(41)29(42)20-35)47-31-22(2)39-26-13-9-10-14-27(26)40-31;1-5-36-24(35)26-13-18(26)14-27(28,29)10-8-6-7-9-17(11-22(33)37-25(2,3)4)23(34)30-16-19(31)12-20(30)21(32)15-26;1-4-10-16(11-5-1)19(17-12-6-2-7-13-17)18-14-8-3-9-15-18;1-6-9(12)11-8-5-3-2-4-7(8)10-6;1-5(2)13-7(11)9-10-8(12)14-6(3)4/h9-10,13-14,23-25,28H,6-8,11-12,15-21H2,1-5H3;17-20,31H,5-16H2,1-4H3;1-15H;2-5H,1H3,(H,11,12);5-6H,1-4H3/t23-,24+,25-,28+,35-;17-,18+,19+,20+,26-;;;/m11.../s1. The van der Waals surface area contributed by atoms with Gasteiger partial charge in [-0.15, -0.1) is 0 Å². The number of fused-ring (bicyclic) bond motifs is 6. The average molecular weight is 1830 g/mol. The number of aryl methyl sites for hydroxylation is 2. The van der Waals surface area contributed by atoms with E-state index >= 15 is 8.78 Å². The number of ketones is 2. The van der Waals surface area contributed by atoms with Crippen LogP contribution in [0.5, 0.6) is 5.88 Å². The van der Waals surface area contributed by atoms with Crippen molar-refractivity contribution >= 4 is 105 Å². The number of amides is 4. The lowest BCUT2D eigenvalue weighted by atomic mass is 9.90. The zero-order chi connectivity index (χ0) is 95.1. The number of halogens is 4. The number of esters is 4. The van der Waals surface area contributed by atoms with Crippen molar-refractivity contribution in [1.29, 1.82) is 0 Å². The summed E-state index contributed by atoms with van der Waals surface area (Å²) >= 11 is 0. The second-order valence-corrected chi connectivity index (χ2v) is 38.9. The SMILES string of the molecule is CC(C)OC(=O)N=NC(=O)OC(C)C.CCOC(=O)[C@]12CC(=O)[C@@H]3C[C@@H](Oc4nc5ccccc5nc4C)CN3C(=O)[C@@H](CC(=O)OC(C)(C)C)CCCCCC(F)(F)C[C@@H]1C2.CCOC(=O)[C@]12CC(=O)[C@@H]3C[C@H](O)CN3C(=O)[C@@H](CC(=O)OC(C)(C)C)CCCCCC(F)(F)C[C@@H]1C2.Cc1nc2ccccc2[nH]c1=O.c1ccc(P(c2ccccc2)c2ccccc2)cc1. The molecule has 32 heteroatoms. The van der Waals surface area contributed by atoms with Crippen LogP contribution in [0.3, 0.4) is 0 Å². The highest BCUT2D eigenvalue weighted by atomic mass is 31.1. The maximum atomic E-state index is 15.1. The number of alkyl halides is 4. The van der Waals surface area contributed by atoms with E-state index in [1.807, 2.05) is 48.5 Å². The third-order valence-corrected chi connectivity index (χ3v) is 25.4. The number of benzene rings is 5. The predicted molar refractivity (Wildman–Crippen MR) is 482 cm³/mol. The highest BCUT2D eigenvalue weighted by Crippen LogP contribution is 2.62. The van der Waals surface area contributed by atoms with Crippen LogP contribution in [-0.2, 0) is 66.8 Å². The van der Waals surface area contributed by atoms with Crippen LogP contribution in [-0.4, -0.2) is 180 Å². The second kappa shape index (κ2) is 46.3. The summed E-state index contributed by atoms with van der Waals surface area (Å²) in [5.74, 6) is -12.8. The molecule has 4 saturated heterocycles. The summed E-state index contributed by atoms with van der Waals surface area (Å²) < 4.78 is 96.8. The Hall–Kier alpha value is -10.8. The Bertz CT molecular complexity index is 5020. The van der Waals surface area contributed by atoms with Crippen molar-refractivity contribution in [2.45, 2.75) is 285 Å². The van der Waals surface area contributed by atoms with Crippen LogP contribution >= 0.6 is 7.92 Å². The van der Waals surface area contributed by atoms with Crippen LogP contribution in [0.1, 0.15) is 223 Å². The number of nitrogens with one attached hydrogen (secondary N) is 1. The van der Waals surface area contributed by atoms with Crippen LogP contribution in [0.25, 0.3) is 22.1 Å². The van der Waals surface area contributed by atoms with E-state index in [0.29, 0.717) is 48.1 Å². The van der Waals surface area contributed by atoms with Crippen molar-refractivity contribution in [2.75, 3.05) is 26.3 Å². The Morgan fingerprint density at radius 3 is 1.33 bits per heavy atom. The highest BCUT2D eigenvalue weighted by molar-refractivity contribution is 7.79. The van der Waals surface area contributed by atoms with Crippen LogP contribution in [0, 0.1) is 48.3 Å². The van der Waals surface area contributed by atoms with Crippen LogP contribution in [0.15, 0.2) is 155 Å². The smallest absolute Gasteiger partial charge is 0.452 e. The molecule has 0 spiro atoms. The maximum Gasteiger partial charge on any atom is 0.452 e. The summed E-state index contributed by atoms with van der Waals surface area (Å²) in [7, 11) is -0.446. The molecule has 2 aromatic heterocycles. The molecule has 0 radical (unpaired) electrons. The third kappa shape index (κ3) is 30.4. The average Bonchev–Trinajstić information content (AvgIpc) is 1.58. The minimum atomic E-state index is -3.01. The van der Waals surface area contributed by atoms with E-state index in [2.05, 4.69) is 131 Å². The number of aliphatic hydroxyl groups is 1. The number of nitrogens with zero attached hydrogens (tertiary/aromatic N) is 7. The fraction of sp³-hybridized carbons (Fsp3) is 0.551. The number of H-pyrrole nitrogens is 1. The lowest BCUT2D eigenvalue weighted by Gasteiger charge is -2.29. The molecular formula is C98H125F4N8O19P. The van der Waals surface area contributed by atoms with Crippen LogP contribution in [0.4, 0.5) is 27.2 Å². The van der Waals surface area contributed by atoms with Gasteiger partial charge in [0.25, 0.3) is 5.56 Å². The molecule has 13 rings (SSSR count). The van der Waals surface area contributed by atoms with E-state index in [4.69, 9.17) is 23.7 Å². The topological polar surface area (TPSA) is 358 Å². The third-order valence-electron chi connectivity index (χ3n) is 23.0. The van der Waals surface area contributed by atoms with Gasteiger partial charge in [0.1, 0.15) is 28.7 Å². The molecule has 6 heterocycles. The molecule has 130 heavy (non-hydrogen) atoms. The fourth-order valence-electron chi connectivity index (χ4n) is 16.8. The van der Waals surface area contributed by atoms with Crippen molar-refractivity contribution in [3.8, 4) is 5.88 Å². The Morgan fingerprint density at radius 1 is 0.515 bits per heavy atom. The largest absolute Gasteiger partial charge is 0.471 e. The molecule has 704 valence electrons. The van der Waals surface area contributed by atoms with Gasteiger partial charge in [0.05, 0.1) is 95.9 Å². The van der Waals surface area contributed by atoms with Gasteiger partial charge < -0.3 is 53.0 Å². The van der Waals surface area contributed by atoms with Gasteiger partial charge in [-0.3, -0.25) is 43.2 Å². The molecule has 2 aliphatic carbocycles. The molecule has 7 aromatic rings. The monoisotopic (exact) mass is 1820 g/mol. The van der Waals surface area contributed by atoms with Gasteiger partial charge >= 0.3 is 36.1 Å². The van der Waals surface area contributed by atoms with E-state index in [1.54, 1.807) is 96.9 Å². The van der Waals surface area contributed by atoms with Gasteiger partial charge in [0, 0.05) is 69.7 Å². The predicted octanol–water partition coefficient (Wildman–Crippen LogP) is 17.2. The summed E-state index contributed by atoms with van der Waals surface area (Å²) in [6, 6.07) is 45.2. The number of ether oxygens (including phenoxy) is 7. The second-order valence-electron chi connectivity index (χ2n) is 36.7. The summed E-state index contributed by atoms with van der Waals surface area (Å²) in [5, 5.41) is 20.6. The van der Waals surface area contributed by atoms with Gasteiger partial charge in [0.15, 0.2) is 11.6 Å². The van der Waals surface area contributed by atoms with E-state index < -0.39 is 162 Å². The molecule has 4 amide bonds. The number of rotatable bonds is 15. The maximum absolute atomic E-state index is 15.1. The Morgan fingerprint density at radius 2 is 0.908 bits per heavy atom. The minimum Gasteiger partial charge on any atom is -0.471 e. The van der Waals surface area contributed by atoms with Gasteiger partial charge in [-0.25, -0.2) is 42.1 Å². The molecule has 27 nitrogen and oxygen atoms in total. The summed E-state index contributed by atoms with van der Waals surface area (Å²) in [4.78, 5) is 159. The number of azo groups is 1. The molecule has 0 bridgehead atoms. The summed E-state index contributed by atoms with van der Waals surface area (Å²) in [6.07, 6.45) is -3.49. The molecule has 10 atom stereocenters. The Balaban J connectivity index is 0.000000202. The number of Topliss-reactive ketones (excluding diaryl/α,β-unsaturated/α-hetero) is 2. The molecule has 4 aliphatic heterocycles. The van der Waals surface area contributed by atoms with Crippen LogP contribution < -0.4 is 26.2 Å². The van der Waals surface area contributed by atoms with E-state index in [9.17, 15) is 66.6 Å². The van der Waals surface area contributed by atoms with E-state index in [0.717, 1.165) is 11.0 Å². The number of hydrogen-bond acceptors (Lipinski definition) is 22. The molecule has 6 fully saturated rings. The number of carbonyl (C=O) groups is 10. The van der Waals surface area contributed by atoms with E-state index in [1.165, 1.54) is 25.7 Å². The highest BCUT2D eigenvalue weighted by Gasteiger charge is 2.66. The number of carbonyl (C=O) groups excluding carboxylic acids is 10. The lowest BCUT2D eigenvalue weighted by Crippen LogP contribution is -2.45. The number of para-hydroxylation sites is 4. The summed E-state index contributed by atoms with van der Waals surface area (Å²) in [5.41, 5.74) is -0.316. The first-order chi connectivity index (χ1) is 61.4. The Kier molecular flexibility index (Phi) is 36.7. The zero-order valence-electron chi connectivity index (χ0n) is 76.9. The molecule has 2 saturated carbocycles. The molecule has 2 N–H and O–H groups in total. The van der Waals surface area contributed by atoms with Gasteiger partial charge in [-0.2, -0.15) is 0 Å². The van der Waals surface area contributed by atoms with Crippen molar-refractivity contribution in [2.24, 2.45) is 44.7 Å². The van der Waals surface area contributed by atoms with Gasteiger partial charge in [0.2, 0.25) is 29.5 Å². The molecule has 0 unspecified atom stereocenters. The number of hydrogen-bond donors (Lipinski definition) is 2. The minimum absolute atomic E-state index is 0.00344. The normalized spacial score (nSPS) is 23.5. The Labute approximate surface area is 758 Å². The van der Waals surface area contributed by atoms with Gasteiger partial charge in [-0.05, 0) is 195 Å². The number of aromatic amines is 1. The first-order valence-electron chi connectivity index (χ1n) is 44.9. The fourth-order valence-corrected chi connectivity index (χ4v) is 19.1. The molecular weight excluding hydrogens is 1700 g/mol. The number of aromatic nitrogens is 4. The zero-order valence-corrected chi connectivity index (χ0v) is 77.8. The lowest BCUT2D eigenvalue weighted by molar-refractivity contribution is -0.159. The quantitative estimate of drug-likeness (QED) is 0.0316. The van der Waals surface area contributed by atoms with Crippen molar-refractivity contribution < 1.29 is 104 Å². The van der Waals surface area contributed by atoms with E-state index in [-0.39, 0.29) is 140 Å². The van der Waals surface area contributed by atoms with Crippen molar-refractivity contribution in [1.82, 2.24) is 29.7 Å². The first kappa shape index (κ1) is 103. The van der Waals surface area contributed by atoms with Crippen molar-refractivity contribution in [3.05, 3.63) is 161 Å². The van der Waals surface area contributed by atoms with Crippen LogP contribution in [0.2, 0.25) is 0 Å². The van der Waals surface area contributed by atoms with Gasteiger partial charge in [-0.1, -0.05) is 151 Å². The van der Waals surface area contributed by atoms with Crippen molar-refractivity contribution in [3.63, 3.8) is 0 Å². The number of aliphatic hydroxyl groups excluding tert-OH is 1. The molecule has 6 aliphatic rings. The molecule has 5 aromatic carbocycles. The first-order valence-corrected chi connectivity index (χ1v) is 46.3. The summed E-state index contributed by atoms with van der Waals surface area (Å²) in [6.45, 7) is 23.9.